The van der Waals surface area contributed by atoms with Gasteiger partial charge in [0.25, 0.3) is 0 Å². The molecule has 0 spiro atoms. The number of nitrogens with zero attached hydrogens (tertiary/aromatic N) is 1. The molecule has 0 unspecified atom stereocenters. The van der Waals surface area contributed by atoms with E-state index in [0.29, 0.717) is 12.8 Å². The second-order valence-corrected chi connectivity index (χ2v) is 5.60. The van der Waals surface area contributed by atoms with Crippen LogP contribution in [-0.4, -0.2) is 40.4 Å². The van der Waals surface area contributed by atoms with Gasteiger partial charge in [0.1, 0.15) is 5.60 Å². The Morgan fingerprint density at radius 1 is 1.47 bits per heavy atom. The van der Waals surface area contributed by atoms with Crippen molar-refractivity contribution in [3.63, 3.8) is 0 Å². The van der Waals surface area contributed by atoms with Gasteiger partial charge in [-0.2, -0.15) is 0 Å². The fourth-order valence-electron chi connectivity index (χ4n) is 1.78. The molecule has 0 bridgehead atoms. The van der Waals surface area contributed by atoms with Crippen LogP contribution in [0.1, 0.15) is 40.5 Å². The number of ether oxygens (including phenoxy) is 1. The quantitative estimate of drug-likeness (QED) is 0.725. The fourth-order valence-corrected chi connectivity index (χ4v) is 1.78. The van der Waals surface area contributed by atoms with E-state index in [-0.39, 0.29) is 17.7 Å². The van der Waals surface area contributed by atoms with Crippen molar-refractivity contribution in [1.29, 1.82) is 0 Å². The van der Waals surface area contributed by atoms with E-state index in [1.54, 1.807) is 11.9 Å². The highest BCUT2D eigenvalue weighted by Gasteiger charge is 2.45. The van der Waals surface area contributed by atoms with Gasteiger partial charge in [0, 0.05) is 12.6 Å². The molecular weight excluding hydrogens is 194 g/mol. The first-order chi connectivity index (χ1) is 6.64. The van der Waals surface area contributed by atoms with Gasteiger partial charge in [0.05, 0.1) is 6.10 Å². The molecule has 0 aromatic rings. The van der Waals surface area contributed by atoms with E-state index >= 15 is 0 Å². The van der Waals surface area contributed by atoms with E-state index in [1.165, 1.54) is 0 Å². The highest BCUT2D eigenvalue weighted by atomic mass is 16.6. The number of carbonyl (C=O) groups is 1. The van der Waals surface area contributed by atoms with E-state index in [0.717, 1.165) is 0 Å². The van der Waals surface area contributed by atoms with Crippen molar-refractivity contribution < 1.29 is 14.6 Å². The summed E-state index contributed by atoms with van der Waals surface area (Å²) in [4.78, 5) is 13.3. The van der Waals surface area contributed by atoms with E-state index in [4.69, 9.17) is 4.74 Å². The molecule has 0 aromatic heterocycles. The van der Waals surface area contributed by atoms with Crippen LogP contribution in [-0.2, 0) is 4.74 Å². The standard InChI is InChI=1S/C11H21NO3/c1-10(2,3)15-9(14)12(5)11(4)6-8(13)7-11/h8,13H,6-7H2,1-5H3. The van der Waals surface area contributed by atoms with Gasteiger partial charge in [-0.3, -0.25) is 0 Å². The molecule has 88 valence electrons. The maximum absolute atomic E-state index is 11.7. The Morgan fingerprint density at radius 3 is 2.27 bits per heavy atom. The van der Waals surface area contributed by atoms with Crippen LogP contribution in [0.15, 0.2) is 0 Å². The third-order valence-corrected chi connectivity index (χ3v) is 2.83. The summed E-state index contributed by atoms with van der Waals surface area (Å²) in [5.74, 6) is 0. The average Bonchev–Trinajstić information content (AvgIpc) is 1.97. The summed E-state index contributed by atoms with van der Waals surface area (Å²) in [7, 11) is 1.72. The van der Waals surface area contributed by atoms with Crippen molar-refractivity contribution in [3.05, 3.63) is 0 Å². The Labute approximate surface area is 91.2 Å². The topological polar surface area (TPSA) is 49.8 Å². The van der Waals surface area contributed by atoms with Crippen LogP contribution >= 0.6 is 0 Å². The molecule has 1 saturated carbocycles. The van der Waals surface area contributed by atoms with Gasteiger partial charge in [-0.1, -0.05) is 0 Å². The molecule has 0 atom stereocenters. The number of hydrogen-bond acceptors (Lipinski definition) is 3. The lowest BCUT2D eigenvalue weighted by molar-refractivity contribution is -0.0603. The summed E-state index contributed by atoms with van der Waals surface area (Å²) < 4.78 is 5.26. The van der Waals surface area contributed by atoms with Gasteiger partial charge >= 0.3 is 6.09 Å². The van der Waals surface area contributed by atoms with Crippen LogP contribution in [0, 0.1) is 0 Å². The first-order valence-corrected chi connectivity index (χ1v) is 5.29. The van der Waals surface area contributed by atoms with Crippen molar-refractivity contribution >= 4 is 6.09 Å². The van der Waals surface area contributed by atoms with Gasteiger partial charge in [-0.15, -0.1) is 0 Å². The number of hydrogen-bond donors (Lipinski definition) is 1. The van der Waals surface area contributed by atoms with Crippen molar-refractivity contribution in [2.45, 2.75) is 57.8 Å². The molecule has 0 saturated heterocycles. The smallest absolute Gasteiger partial charge is 0.410 e. The Kier molecular flexibility index (Phi) is 3.01. The van der Waals surface area contributed by atoms with Gasteiger partial charge in [0.15, 0.2) is 0 Å². The highest BCUT2D eigenvalue weighted by molar-refractivity contribution is 5.69. The lowest BCUT2D eigenvalue weighted by Crippen LogP contribution is -2.58. The zero-order valence-electron chi connectivity index (χ0n) is 10.2. The number of aliphatic hydroxyl groups is 1. The molecule has 1 fully saturated rings. The minimum Gasteiger partial charge on any atom is -0.444 e. The molecule has 0 radical (unpaired) electrons. The van der Waals surface area contributed by atoms with Gasteiger partial charge in [-0.25, -0.2) is 4.79 Å². The van der Waals surface area contributed by atoms with Crippen molar-refractivity contribution in [2.24, 2.45) is 0 Å². The summed E-state index contributed by atoms with van der Waals surface area (Å²) in [5.41, 5.74) is -0.716. The molecule has 4 nitrogen and oxygen atoms in total. The van der Waals surface area contributed by atoms with E-state index < -0.39 is 5.60 Å². The Balaban J connectivity index is 2.54. The molecule has 0 aliphatic heterocycles. The first-order valence-electron chi connectivity index (χ1n) is 5.29. The van der Waals surface area contributed by atoms with E-state index in [1.807, 2.05) is 27.7 Å². The van der Waals surface area contributed by atoms with Crippen LogP contribution in [0.25, 0.3) is 0 Å². The second-order valence-electron chi connectivity index (χ2n) is 5.60. The van der Waals surface area contributed by atoms with Crippen LogP contribution in [0.4, 0.5) is 4.79 Å². The minimum absolute atomic E-state index is 0.248. The normalized spacial score (nSPS) is 30.7. The molecule has 0 heterocycles. The average molecular weight is 215 g/mol. The summed E-state index contributed by atoms with van der Waals surface area (Å²) in [6.07, 6.45) is 0.655. The predicted molar refractivity (Wildman–Crippen MR) is 57.6 cm³/mol. The molecule has 15 heavy (non-hydrogen) atoms. The van der Waals surface area contributed by atoms with E-state index in [9.17, 15) is 9.90 Å². The van der Waals surface area contributed by atoms with Gasteiger partial charge in [0.2, 0.25) is 0 Å². The number of rotatable bonds is 1. The molecule has 1 amide bonds. The maximum Gasteiger partial charge on any atom is 0.410 e. The number of aliphatic hydroxyl groups excluding tert-OH is 1. The Bertz CT molecular complexity index is 251. The fraction of sp³-hybridized carbons (Fsp3) is 0.909. The molecule has 1 N–H and O–H groups in total. The van der Waals surface area contributed by atoms with Crippen LogP contribution in [0.5, 0.6) is 0 Å². The molecular formula is C11H21NO3. The van der Waals surface area contributed by atoms with Gasteiger partial charge < -0.3 is 14.7 Å². The third kappa shape index (κ3) is 2.84. The van der Waals surface area contributed by atoms with Crippen molar-refractivity contribution in [3.8, 4) is 0 Å². The molecule has 1 rings (SSSR count). The van der Waals surface area contributed by atoms with Crippen molar-refractivity contribution in [2.75, 3.05) is 7.05 Å². The zero-order valence-corrected chi connectivity index (χ0v) is 10.2. The largest absolute Gasteiger partial charge is 0.444 e. The molecule has 1 aliphatic rings. The van der Waals surface area contributed by atoms with Gasteiger partial charge in [-0.05, 0) is 40.5 Å². The van der Waals surface area contributed by atoms with Crippen LogP contribution in [0.2, 0.25) is 0 Å². The highest BCUT2D eigenvalue weighted by Crippen LogP contribution is 2.37. The lowest BCUT2D eigenvalue weighted by Gasteiger charge is -2.48. The molecule has 0 aromatic carbocycles. The Morgan fingerprint density at radius 2 is 1.93 bits per heavy atom. The van der Waals surface area contributed by atoms with Crippen LogP contribution < -0.4 is 0 Å². The predicted octanol–water partition coefficient (Wildman–Crippen LogP) is 1.77. The summed E-state index contributed by atoms with van der Waals surface area (Å²) >= 11 is 0. The molecule has 4 heteroatoms. The zero-order chi connectivity index (χ0) is 11.9. The summed E-state index contributed by atoms with van der Waals surface area (Å²) in [6, 6.07) is 0. The van der Waals surface area contributed by atoms with Crippen molar-refractivity contribution in [1.82, 2.24) is 4.90 Å². The monoisotopic (exact) mass is 215 g/mol. The first kappa shape index (κ1) is 12.3. The minimum atomic E-state index is -0.468. The summed E-state index contributed by atoms with van der Waals surface area (Å²) in [6.45, 7) is 7.49. The number of carbonyl (C=O) groups excluding carboxylic acids is 1. The lowest BCUT2D eigenvalue weighted by atomic mass is 9.75. The SMILES string of the molecule is CN(C(=O)OC(C)(C)C)C1(C)CC(O)C1. The molecule has 1 aliphatic carbocycles. The van der Waals surface area contributed by atoms with E-state index in [2.05, 4.69) is 0 Å². The Hall–Kier alpha value is -0.770. The van der Waals surface area contributed by atoms with Crippen LogP contribution in [0.3, 0.4) is 0 Å². The summed E-state index contributed by atoms with van der Waals surface area (Å²) in [5, 5.41) is 9.27. The maximum atomic E-state index is 11.7. The number of amides is 1. The second kappa shape index (κ2) is 3.67. The third-order valence-electron chi connectivity index (χ3n) is 2.83.